The minimum Gasteiger partial charge on any atom is -0.505 e. The second-order valence-electron chi connectivity index (χ2n) is 10.4. The van der Waals surface area contributed by atoms with E-state index >= 15 is 0 Å². The topological polar surface area (TPSA) is 101 Å². The van der Waals surface area contributed by atoms with Crippen molar-refractivity contribution in [2.75, 3.05) is 4.90 Å². The molecule has 6 aromatic rings. The first-order chi connectivity index (χ1) is 21.3. The number of amides is 1. The molecule has 1 amide bonds. The van der Waals surface area contributed by atoms with Crippen LogP contribution in [0.3, 0.4) is 0 Å². The number of halogens is 1. The zero-order chi connectivity index (χ0) is 30.5. The Balaban J connectivity index is 1.29. The first-order valence-electron chi connectivity index (χ1n) is 13.8. The maximum absolute atomic E-state index is 14.0. The van der Waals surface area contributed by atoms with Crippen molar-refractivity contribution in [3.05, 3.63) is 125 Å². The van der Waals surface area contributed by atoms with Crippen molar-refractivity contribution < 1.29 is 19.1 Å². The Morgan fingerprint density at radius 1 is 0.977 bits per heavy atom. The van der Waals surface area contributed by atoms with Crippen LogP contribution < -0.4 is 4.90 Å². The summed E-state index contributed by atoms with van der Waals surface area (Å²) in [5.41, 5.74) is 3.72. The van der Waals surface area contributed by atoms with Crippen molar-refractivity contribution in [1.29, 1.82) is 0 Å². The van der Waals surface area contributed by atoms with E-state index in [0.29, 0.717) is 27.0 Å². The average Bonchev–Trinajstić information content (AvgIpc) is 3.71. The average molecular weight is 622 g/mol. The van der Waals surface area contributed by atoms with Gasteiger partial charge in [0.25, 0.3) is 5.78 Å². The number of aliphatic hydroxyl groups excluding tert-OH is 1. The molecule has 1 N–H and O–H groups in total. The second-order valence-corrected chi connectivity index (χ2v) is 12.6. The maximum atomic E-state index is 14.0. The first kappa shape index (κ1) is 27.9. The summed E-state index contributed by atoms with van der Waals surface area (Å²) < 4.78 is 16.4. The summed E-state index contributed by atoms with van der Waals surface area (Å²) in [4.78, 5) is 33.1. The number of thioether (sulfide) groups is 1. The lowest BCUT2D eigenvalue weighted by atomic mass is 9.96. The Labute approximate surface area is 259 Å². The molecule has 0 spiro atoms. The van der Waals surface area contributed by atoms with E-state index in [-0.39, 0.29) is 16.4 Å². The largest absolute Gasteiger partial charge is 0.505 e. The third kappa shape index (κ3) is 4.65. The molecule has 0 aliphatic carbocycles. The molecule has 7 rings (SSSR count). The zero-order valence-corrected chi connectivity index (χ0v) is 25.2. The molecular formula is C33H24FN5O3S2. The summed E-state index contributed by atoms with van der Waals surface area (Å²) >= 11 is 2.65. The number of benzene rings is 3. The normalized spacial score (nSPS) is 16.4. The van der Waals surface area contributed by atoms with Gasteiger partial charge in [0.1, 0.15) is 17.2 Å². The maximum Gasteiger partial charge on any atom is 0.301 e. The molecule has 1 unspecified atom stereocenters. The summed E-state index contributed by atoms with van der Waals surface area (Å²) in [5, 5.41) is 22.7. The van der Waals surface area contributed by atoms with Crippen LogP contribution in [0.15, 0.2) is 95.0 Å². The minimum atomic E-state index is -1.07. The van der Waals surface area contributed by atoms with Gasteiger partial charge in [-0.2, -0.15) is 0 Å². The molecule has 1 atom stereocenters. The number of anilines is 1. The van der Waals surface area contributed by atoms with Crippen LogP contribution in [0, 0.1) is 19.7 Å². The lowest BCUT2D eigenvalue weighted by Crippen LogP contribution is -2.29. The Morgan fingerprint density at radius 2 is 1.75 bits per heavy atom. The van der Waals surface area contributed by atoms with E-state index in [1.807, 2.05) is 47.9 Å². The highest BCUT2D eigenvalue weighted by molar-refractivity contribution is 8.00. The summed E-state index contributed by atoms with van der Waals surface area (Å²) in [6, 6.07) is 22.5. The number of hydrogen-bond donors (Lipinski definition) is 1. The number of nitrogens with zero attached hydrogens (tertiary/aromatic N) is 5. The molecule has 1 fully saturated rings. The van der Waals surface area contributed by atoms with E-state index < -0.39 is 29.3 Å². The van der Waals surface area contributed by atoms with Crippen molar-refractivity contribution in [3.8, 4) is 0 Å². The van der Waals surface area contributed by atoms with E-state index in [9.17, 15) is 19.1 Å². The third-order valence-electron chi connectivity index (χ3n) is 7.77. The molecule has 4 heterocycles. The zero-order valence-electron chi connectivity index (χ0n) is 23.6. The van der Waals surface area contributed by atoms with Gasteiger partial charge in [0, 0.05) is 11.9 Å². The third-order valence-corrected chi connectivity index (χ3v) is 9.88. The number of pyridine rings is 1. The van der Waals surface area contributed by atoms with Gasteiger partial charge in [0.2, 0.25) is 5.13 Å². The Bertz CT molecular complexity index is 2130. The Kier molecular flexibility index (Phi) is 6.98. The van der Waals surface area contributed by atoms with Gasteiger partial charge in [-0.15, -0.1) is 10.2 Å². The smallest absolute Gasteiger partial charge is 0.301 e. The number of aromatic nitrogens is 4. The fourth-order valence-electron chi connectivity index (χ4n) is 5.58. The molecular weight excluding hydrogens is 598 g/mol. The molecule has 0 radical (unpaired) electrons. The number of imidazole rings is 1. The predicted octanol–water partition coefficient (Wildman–Crippen LogP) is 7.01. The van der Waals surface area contributed by atoms with Crippen molar-refractivity contribution >= 4 is 62.1 Å². The number of ketones is 1. The van der Waals surface area contributed by atoms with E-state index in [2.05, 4.69) is 39.4 Å². The van der Waals surface area contributed by atoms with E-state index in [0.717, 1.165) is 21.9 Å². The molecule has 3 aromatic carbocycles. The molecule has 1 aliphatic rings. The van der Waals surface area contributed by atoms with Crippen LogP contribution in [0.4, 0.5) is 9.52 Å². The minimum absolute atomic E-state index is 0.147. The van der Waals surface area contributed by atoms with Crippen LogP contribution in [0.2, 0.25) is 0 Å². The molecule has 8 nitrogen and oxygen atoms in total. The van der Waals surface area contributed by atoms with Crippen LogP contribution in [0.1, 0.15) is 34.1 Å². The molecule has 0 bridgehead atoms. The van der Waals surface area contributed by atoms with Crippen LogP contribution in [-0.4, -0.2) is 36.4 Å². The van der Waals surface area contributed by atoms with Crippen LogP contribution in [-0.2, 0) is 15.3 Å². The summed E-state index contributed by atoms with van der Waals surface area (Å²) in [7, 11) is 0. The molecule has 1 saturated heterocycles. The van der Waals surface area contributed by atoms with Gasteiger partial charge in [-0.25, -0.2) is 9.37 Å². The van der Waals surface area contributed by atoms with Crippen molar-refractivity contribution in [3.63, 3.8) is 0 Å². The number of aryl methyl sites for hydroxylation is 2. The van der Waals surface area contributed by atoms with Crippen LogP contribution in [0.5, 0.6) is 0 Å². The fraction of sp³-hybridized carbons (Fsp3) is 0.121. The van der Waals surface area contributed by atoms with E-state index in [1.54, 1.807) is 6.92 Å². The summed E-state index contributed by atoms with van der Waals surface area (Å²) in [6.45, 7) is 3.68. The van der Waals surface area contributed by atoms with Crippen LogP contribution in [0.25, 0.3) is 22.2 Å². The molecule has 1 aliphatic heterocycles. The van der Waals surface area contributed by atoms with Gasteiger partial charge < -0.3 is 9.51 Å². The van der Waals surface area contributed by atoms with Gasteiger partial charge in [0.15, 0.2) is 10.1 Å². The van der Waals surface area contributed by atoms with Crippen molar-refractivity contribution in [2.24, 2.45) is 0 Å². The highest BCUT2D eigenvalue weighted by atomic mass is 32.2. The lowest BCUT2D eigenvalue weighted by molar-refractivity contribution is -0.132. The quantitative estimate of drug-likeness (QED) is 0.0702. The Hall–Kier alpha value is -4.87. The van der Waals surface area contributed by atoms with Gasteiger partial charge in [0.05, 0.1) is 17.3 Å². The van der Waals surface area contributed by atoms with Gasteiger partial charge in [-0.1, -0.05) is 83.8 Å². The van der Waals surface area contributed by atoms with Crippen LogP contribution >= 0.6 is 23.1 Å². The number of fused-ring (bicyclic) bond motifs is 2. The lowest BCUT2D eigenvalue weighted by Gasteiger charge is -2.22. The number of hydrogen-bond acceptors (Lipinski definition) is 8. The predicted molar refractivity (Wildman–Crippen MR) is 169 cm³/mol. The molecule has 0 saturated carbocycles. The van der Waals surface area contributed by atoms with Gasteiger partial charge in [-0.05, 0) is 59.5 Å². The molecule has 44 heavy (non-hydrogen) atoms. The molecule has 3 aromatic heterocycles. The van der Waals surface area contributed by atoms with E-state index in [1.165, 1.54) is 52.3 Å². The molecule has 11 heteroatoms. The number of aliphatic hydroxyl groups is 1. The highest BCUT2D eigenvalue weighted by Crippen LogP contribution is 2.44. The number of carbonyl (C=O) groups excluding carboxylic acids is 2. The van der Waals surface area contributed by atoms with E-state index in [4.69, 9.17) is 0 Å². The van der Waals surface area contributed by atoms with Gasteiger partial charge in [-0.3, -0.25) is 14.5 Å². The summed E-state index contributed by atoms with van der Waals surface area (Å²) in [5.74, 6) is -2.00. The summed E-state index contributed by atoms with van der Waals surface area (Å²) in [6.07, 6.45) is 1.82. The number of rotatable bonds is 6. The Morgan fingerprint density at radius 3 is 2.55 bits per heavy atom. The fourth-order valence-corrected chi connectivity index (χ4v) is 7.45. The molecule has 218 valence electrons. The van der Waals surface area contributed by atoms with Crippen molar-refractivity contribution in [2.45, 2.75) is 30.0 Å². The van der Waals surface area contributed by atoms with Crippen molar-refractivity contribution in [1.82, 2.24) is 19.6 Å². The first-order valence-corrected chi connectivity index (χ1v) is 15.6. The highest BCUT2D eigenvalue weighted by Gasteiger charge is 2.48. The monoisotopic (exact) mass is 621 g/mol. The standard InChI is InChI=1S/C33H24FN5O3S2/c1-18-7-6-16-38-19(2)26(35-30(18)38)28(40)25-27(21-12-14-23(34)15-13-21)39(31(42)29(25)41)32-36-37-33(44-32)43-17-22-10-5-9-20-8-3-4-11-24(20)22/h3-16,27,40H,17H2,1-2H3/b28-25+. The SMILES string of the molecule is Cc1cccn2c(C)c(/C(O)=C3\C(=O)C(=O)N(c4nnc(SCc5cccc6ccccc56)s4)C3c3ccc(F)cc3)nc12. The second kappa shape index (κ2) is 11.0. The van der Waals surface area contributed by atoms with Gasteiger partial charge >= 0.3 is 5.91 Å². The number of Topliss-reactive ketones (excluding diaryl/α,β-unsaturated/α-hetero) is 1. The number of carbonyl (C=O) groups is 2.